The van der Waals surface area contributed by atoms with Crippen LogP contribution in [0.5, 0.6) is 0 Å². The van der Waals surface area contributed by atoms with Crippen LogP contribution in [0.1, 0.15) is 17.0 Å². The van der Waals surface area contributed by atoms with Crippen molar-refractivity contribution in [2.24, 2.45) is 0 Å². The van der Waals surface area contributed by atoms with Gasteiger partial charge < -0.3 is 0 Å². The monoisotopic (exact) mass is 321 g/mol. The molecule has 5 heteroatoms. The SMILES string of the molecule is C=C/C=C/c1cc(SCc2ccccc2)cc(C(F)(F)F)n1. The predicted molar refractivity (Wildman–Crippen MR) is 84.5 cm³/mol. The molecule has 1 heterocycles. The summed E-state index contributed by atoms with van der Waals surface area (Å²) in [6.07, 6.45) is 0.113. The van der Waals surface area contributed by atoms with E-state index in [2.05, 4.69) is 11.6 Å². The third-order valence-corrected chi connectivity index (χ3v) is 3.81. The van der Waals surface area contributed by atoms with Gasteiger partial charge in [-0.3, -0.25) is 0 Å². The van der Waals surface area contributed by atoms with Crippen LogP contribution in [0.25, 0.3) is 6.08 Å². The molecule has 114 valence electrons. The van der Waals surface area contributed by atoms with Crippen molar-refractivity contribution in [3.8, 4) is 0 Å². The Morgan fingerprint density at radius 1 is 1.14 bits per heavy atom. The summed E-state index contributed by atoms with van der Waals surface area (Å²) in [6.45, 7) is 3.50. The summed E-state index contributed by atoms with van der Waals surface area (Å²) in [6, 6.07) is 12.3. The molecule has 2 aromatic rings. The fourth-order valence-corrected chi connectivity index (χ4v) is 2.67. The van der Waals surface area contributed by atoms with E-state index in [4.69, 9.17) is 0 Å². The standard InChI is InChI=1S/C17H14F3NS/c1-2-3-9-14-10-15(11-16(21-14)17(18,19)20)22-12-13-7-5-4-6-8-13/h2-11H,1,12H2/b9-3+. The van der Waals surface area contributed by atoms with Crippen LogP contribution in [-0.2, 0) is 11.9 Å². The van der Waals surface area contributed by atoms with Gasteiger partial charge in [-0.2, -0.15) is 13.2 Å². The molecule has 1 aromatic carbocycles. The molecule has 0 amide bonds. The van der Waals surface area contributed by atoms with E-state index in [1.54, 1.807) is 12.1 Å². The number of alkyl halides is 3. The molecule has 0 aliphatic heterocycles. The van der Waals surface area contributed by atoms with Crippen LogP contribution in [0.15, 0.2) is 66.1 Å². The van der Waals surface area contributed by atoms with Gasteiger partial charge in [-0.05, 0) is 23.8 Å². The minimum Gasteiger partial charge on any atom is -0.244 e. The number of allylic oxidation sites excluding steroid dienone is 2. The van der Waals surface area contributed by atoms with Gasteiger partial charge in [0, 0.05) is 10.6 Å². The van der Waals surface area contributed by atoms with Crippen LogP contribution in [0.2, 0.25) is 0 Å². The van der Waals surface area contributed by atoms with Gasteiger partial charge in [0.2, 0.25) is 0 Å². The van der Waals surface area contributed by atoms with Crippen molar-refractivity contribution >= 4 is 17.8 Å². The minimum absolute atomic E-state index is 0.269. The second-order valence-corrected chi connectivity index (χ2v) is 5.53. The Kier molecular flexibility index (Phi) is 5.44. The molecule has 2 rings (SSSR count). The van der Waals surface area contributed by atoms with Crippen molar-refractivity contribution < 1.29 is 13.2 Å². The zero-order valence-corrected chi connectivity index (χ0v) is 12.5. The molecule has 0 aliphatic carbocycles. The van der Waals surface area contributed by atoms with Gasteiger partial charge in [-0.15, -0.1) is 11.8 Å². The number of benzene rings is 1. The highest BCUT2D eigenvalue weighted by Gasteiger charge is 2.33. The van der Waals surface area contributed by atoms with Crippen molar-refractivity contribution in [3.63, 3.8) is 0 Å². The molecule has 22 heavy (non-hydrogen) atoms. The van der Waals surface area contributed by atoms with Crippen molar-refractivity contribution in [1.82, 2.24) is 4.98 Å². The number of pyridine rings is 1. The normalized spacial score (nSPS) is 11.8. The van der Waals surface area contributed by atoms with Crippen LogP contribution in [0.3, 0.4) is 0 Å². The number of nitrogens with zero attached hydrogens (tertiary/aromatic N) is 1. The Labute approximate surface area is 131 Å². The molecule has 0 aliphatic rings. The van der Waals surface area contributed by atoms with E-state index >= 15 is 0 Å². The smallest absolute Gasteiger partial charge is 0.244 e. The van der Waals surface area contributed by atoms with Crippen LogP contribution in [-0.4, -0.2) is 4.98 Å². The highest BCUT2D eigenvalue weighted by Crippen LogP contribution is 2.32. The highest BCUT2D eigenvalue weighted by molar-refractivity contribution is 7.98. The van der Waals surface area contributed by atoms with E-state index in [1.165, 1.54) is 23.9 Å². The Morgan fingerprint density at radius 2 is 1.86 bits per heavy atom. The maximum atomic E-state index is 12.9. The maximum absolute atomic E-state index is 12.9. The lowest BCUT2D eigenvalue weighted by molar-refractivity contribution is -0.141. The van der Waals surface area contributed by atoms with Gasteiger partial charge in [-0.25, -0.2) is 4.98 Å². The van der Waals surface area contributed by atoms with E-state index < -0.39 is 11.9 Å². The molecule has 1 nitrogen and oxygen atoms in total. The summed E-state index contributed by atoms with van der Waals surface area (Å²) < 4.78 is 38.8. The number of rotatable bonds is 5. The van der Waals surface area contributed by atoms with Crippen LogP contribution >= 0.6 is 11.8 Å². The number of thioether (sulfide) groups is 1. The molecular weight excluding hydrogens is 307 g/mol. The molecule has 0 spiro atoms. The van der Waals surface area contributed by atoms with E-state index in [0.717, 1.165) is 11.6 Å². The second-order valence-electron chi connectivity index (χ2n) is 4.48. The number of hydrogen-bond donors (Lipinski definition) is 0. The van der Waals surface area contributed by atoms with Crippen molar-refractivity contribution in [1.29, 1.82) is 0 Å². The fraction of sp³-hybridized carbons (Fsp3) is 0.118. The molecule has 0 radical (unpaired) electrons. The summed E-state index contributed by atoms with van der Waals surface area (Å²) in [4.78, 5) is 4.16. The van der Waals surface area contributed by atoms with Gasteiger partial charge in [0.05, 0.1) is 5.69 Å². The molecule has 0 fully saturated rings. The Bertz CT molecular complexity index is 663. The maximum Gasteiger partial charge on any atom is 0.433 e. The quantitative estimate of drug-likeness (QED) is 0.526. The predicted octanol–water partition coefficient (Wildman–Crippen LogP) is 5.59. The van der Waals surface area contributed by atoms with Gasteiger partial charge in [0.25, 0.3) is 0 Å². The third-order valence-electron chi connectivity index (χ3n) is 2.76. The Hall–Kier alpha value is -2.01. The van der Waals surface area contributed by atoms with Gasteiger partial charge >= 0.3 is 6.18 Å². The molecule has 0 atom stereocenters. The summed E-state index contributed by atoms with van der Waals surface area (Å²) in [5.41, 5.74) is 0.445. The van der Waals surface area contributed by atoms with Crippen molar-refractivity contribution in [2.75, 3.05) is 0 Å². The number of hydrogen-bond acceptors (Lipinski definition) is 2. The zero-order chi connectivity index (χ0) is 16.0. The van der Waals surface area contributed by atoms with Crippen molar-refractivity contribution in [3.05, 3.63) is 78.1 Å². The molecule has 0 N–H and O–H groups in total. The van der Waals surface area contributed by atoms with Gasteiger partial charge in [0.1, 0.15) is 5.69 Å². The Morgan fingerprint density at radius 3 is 2.50 bits per heavy atom. The lowest BCUT2D eigenvalue weighted by atomic mass is 10.2. The number of halogens is 3. The number of aromatic nitrogens is 1. The summed E-state index contributed by atoms with van der Waals surface area (Å²) >= 11 is 1.35. The minimum atomic E-state index is -4.46. The highest BCUT2D eigenvalue weighted by atomic mass is 32.2. The molecule has 0 unspecified atom stereocenters. The van der Waals surface area contributed by atoms with E-state index in [1.807, 2.05) is 30.3 Å². The first kappa shape index (κ1) is 16.4. The lowest BCUT2D eigenvalue weighted by Gasteiger charge is -2.09. The average Bonchev–Trinajstić information content (AvgIpc) is 2.51. The van der Waals surface area contributed by atoms with Gasteiger partial charge in [0.15, 0.2) is 0 Å². The summed E-state index contributed by atoms with van der Waals surface area (Å²) in [7, 11) is 0. The molecule has 0 saturated carbocycles. The summed E-state index contributed by atoms with van der Waals surface area (Å²) in [5, 5.41) is 0. The van der Waals surface area contributed by atoms with Crippen molar-refractivity contribution in [2.45, 2.75) is 16.8 Å². The first-order chi connectivity index (χ1) is 10.5. The van der Waals surface area contributed by atoms with Gasteiger partial charge in [-0.1, -0.05) is 49.1 Å². The van der Waals surface area contributed by atoms with E-state index in [9.17, 15) is 13.2 Å². The molecular formula is C17H14F3NS. The zero-order valence-electron chi connectivity index (χ0n) is 11.7. The molecule has 0 saturated heterocycles. The van der Waals surface area contributed by atoms with E-state index in [-0.39, 0.29) is 5.69 Å². The lowest BCUT2D eigenvalue weighted by Crippen LogP contribution is -2.08. The molecule has 0 bridgehead atoms. The first-order valence-electron chi connectivity index (χ1n) is 6.54. The topological polar surface area (TPSA) is 12.9 Å². The summed E-state index contributed by atoms with van der Waals surface area (Å²) in [5.74, 6) is 0.604. The van der Waals surface area contributed by atoms with Crippen LogP contribution in [0, 0.1) is 0 Å². The largest absolute Gasteiger partial charge is 0.433 e. The second kappa shape index (κ2) is 7.31. The fourth-order valence-electron chi connectivity index (χ4n) is 1.75. The molecule has 1 aromatic heterocycles. The first-order valence-corrected chi connectivity index (χ1v) is 7.53. The van der Waals surface area contributed by atoms with Crippen LogP contribution < -0.4 is 0 Å². The van der Waals surface area contributed by atoms with Crippen LogP contribution in [0.4, 0.5) is 13.2 Å². The van der Waals surface area contributed by atoms with E-state index in [0.29, 0.717) is 10.6 Å². The third kappa shape index (κ3) is 4.77. The Balaban J connectivity index is 2.25. The average molecular weight is 321 g/mol.